The summed E-state index contributed by atoms with van der Waals surface area (Å²) in [7, 11) is 0. The third kappa shape index (κ3) is 2.92. The fourth-order valence-electron chi connectivity index (χ4n) is 1.67. The van der Waals surface area contributed by atoms with Crippen molar-refractivity contribution in [1.82, 2.24) is 14.9 Å². The topological polar surface area (TPSA) is 54.9 Å². The van der Waals surface area contributed by atoms with Crippen LogP contribution in [0.5, 0.6) is 0 Å². The SMILES string of the molecule is Cc1nnsc1C(=O)NC[C@H](C)c1ccccc1. The Bertz CT molecular complexity index is 524. The molecule has 5 heteroatoms. The van der Waals surface area contributed by atoms with E-state index in [9.17, 15) is 4.79 Å². The molecule has 2 rings (SSSR count). The molecule has 0 radical (unpaired) electrons. The number of amides is 1. The number of nitrogens with zero attached hydrogens (tertiary/aromatic N) is 2. The molecule has 1 amide bonds. The molecule has 0 spiro atoms. The first-order valence-corrected chi connectivity index (χ1v) is 6.58. The first kappa shape index (κ1) is 12.7. The van der Waals surface area contributed by atoms with Gasteiger partial charge in [-0.15, -0.1) is 5.10 Å². The lowest BCUT2D eigenvalue weighted by Gasteiger charge is -2.12. The minimum atomic E-state index is -0.0923. The van der Waals surface area contributed by atoms with E-state index in [4.69, 9.17) is 0 Å². The average molecular weight is 261 g/mol. The van der Waals surface area contributed by atoms with Crippen LogP contribution in [0, 0.1) is 6.92 Å². The summed E-state index contributed by atoms with van der Waals surface area (Å²) in [6.45, 7) is 4.49. The summed E-state index contributed by atoms with van der Waals surface area (Å²) >= 11 is 1.13. The third-order valence-corrected chi connectivity index (χ3v) is 3.62. The lowest BCUT2D eigenvalue weighted by molar-refractivity contribution is 0.0955. The first-order valence-electron chi connectivity index (χ1n) is 5.80. The molecule has 2 aromatic rings. The van der Waals surface area contributed by atoms with Crippen molar-refractivity contribution in [3.63, 3.8) is 0 Å². The van der Waals surface area contributed by atoms with Crippen LogP contribution in [0.15, 0.2) is 30.3 Å². The van der Waals surface area contributed by atoms with Crippen LogP contribution in [-0.2, 0) is 0 Å². The van der Waals surface area contributed by atoms with Gasteiger partial charge in [-0.25, -0.2) is 0 Å². The van der Waals surface area contributed by atoms with Gasteiger partial charge in [0.2, 0.25) is 0 Å². The number of benzene rings is 1. The number of nitrogens with one attached hydrogen (secondary N) is 1. The highest BCUT2D eigenvalue weighted by molar-refractivity contribution is 7.07. The molecule has 0 unspecified atom stereocenters. The van der Waals surface area contributed by atoms with E-state index in [-0.39, 0.29) is 11.8 Å². The van der Waals surface area contributed by atoms with E-state index in [0.29, 0.717) is 17.1 Å². The van der Waals surface area contributed by atoms with E-state index in [1.165, 1.54) is 5.56 Å². The van der Waals surface area contributed by atoms with Crippen LogP contribution in [0.2, 0.25) is 0 Å². The van der Waals surface area contributed by atoms with Gasteiger partial charge in [0, 0.05) is 6.54 Å². The summed E-state index contributed by atoms with van der Waals surface area (Å²) in [5, 5.41) is 6.75. The van der Waals surface area contributed by atoms with E-state index >= 15 is 0 Å². The Labute approximate surface area is 110 Å². The van der Waals surface area contributed by atoms with Crippen molar-refractivity contribution < 1.29 is 4.79 Å². The molecule has 1 heterocycles. The molecular formula is C13H15N3OS. The molecule has 94 valence electrons. The maximum absolute atomic E-state index is 11.9. The van der Waals surface area contributed by atoms with Crippen molar-refractivity contribution in [2.75, 3.05) is 6.54 Å². The second-order valence-corrected chi connectivity index (χ2v) is 4.96. The van der Waals surface area contributed by atoms with Crippen LogP contribution in [-0.4, -0.2) is 22.0 Å². The second kappa shape index (κ2) is 5.73. The minimum absolute atomic E-state index is 0.0923. The Kier molecular flexibility index (Phi) is 4.04. The van der Waals surface area contributed by atoms with Crippen molar-refractivity contribution in [1.29, 1.82) is 0 Å². The van der Waals surface area contributed by atoms with Gasteiger partial charge in [0.1, 0.15) is 4.88 Å². The van der Waals surface area contributed by atoms with Crippen molar-refractivity contribution in [2.45, 2.75) is 19.8 Å². The van der Waals surface area contributed by atoms with E-state index in [1.807, 2.05) is 18.2 Å². The van der Waals surface area contributed by atoms with E-state index in [2.05, 4.69) is 34.0 Å². The molecule has 1 atom stereocenters. The van der Waals surface area contributed by atoms with Crippen LogP contribution in [0.25, 0.3) is 0 Å². The zero-order valence-electron chi connectivity index (χ0n) is 10.4. The van der Waals surface area contributed by atoms with Crippen molar-refractivity contribution in [3.8, 4) is 0 Å². The zero-order chi connectivity index (χ0) is 13.0. The van der Waals surface area contributed by atoms with Gasteiger partial charge in [0.15, 0.2) is 0 Å². The molecule has 0 bridgehead atoms. The smallest absolute Gasteiger partial charge is 0.264 e. The molecule has 18 heavy (non-hydrogen) atoms. The largest absolute Gasteiger partial charge is 0.351 e. The summed E-state index contributed by atoms with van der Waals surface area (Å²) in [6, 6.07) is 10.1. The fraction of sp³-hybridized carbons (Fsp3) is 0.308. The van der Waals surface area contributed by atoms with Crippen molar-refractivity contribution >= 4 is 17.4 Å². The summed E-state index contributed by atoms with van der Waals surface area (Å²) < 4.78 is 3.76. The number of hydrogen-bond acceptors (Lipinski definition) is 4. The predicted molar refractivity (Wildman–Crippen MR) is 71.8 cm³/mol. The lowest BCUT2D eigenvalue weighted by atomic mass is 10.0. The molecule has 1 aromatic heterocycles. The van der Waals surface area contributed by atoms with Gasteiger partial charge >= 0.3 is 0 Å². The Morgan fingerprint density at radius 2 is 2.11 bits per heavy atom. The highest BCUT2D eigenvalue weighted by Crippen LogP contribution is 2.14. The molecule has 1 N–H and O–H groups in total. The van der Waals surface area contributed by atoms with Crippen LogP contribution in [0.1, 0.15) is 33.8 Å². The summed E-state index contributed by atoms with van der Waals surface area (Å²) in [4.78, 5) is 12.5. The maximum Gasteiger partial charge on any atom is 0.264 e. The summed E-state index contributed by atoms with van der Waals surface area (Å²) in [6.07, 6.45) is 0. The highest BCUT2D eigenvalue weighted by atomic mass is 32.1. The summed E-state index contributed by atoms with van der Waals surface area (Å²) in [5.74, 6) is 0.196. The van der Waals surface area contributed by atoms with E-state index < -0.39 is 0 Å². The number of aromatic nitrogens is 2. The highest BCUT2D eigenvalue weighted by Gasteiger charge is 2.14. The second-order valence-electron chi connectivity index (χ2n) is 4.21. The molecule has 0 aliphatic heterocycles. The zero-order valence-corrected chi connectivity index (χ0v) is 11.2. The molecule has 0 saturated carbocycles. The van der Waals surface area contributed by atoms with Gasteiger partial charge in [-0.2, -0.15) is 0 Å². The quantitative estimate of drug-likeness (QED) is 0.919. The van der Waals surface area contributed by atoms with Crippen LogP contribution in [0.4, 0.5) is 0 Å². The predicted octanol–water partition coefficient (Wildman–Crippen LogP) is 2.38. The lowest BCUT2D eigenvalue weighted by Crippen LogP contribution is -2.27. The van der Waals surface area contributed by atoms with Gasteiger partial charge in [0.05, 0.1) is 5.69 Å². The molecular weight excluding hydrogens is 246 g/mol. The van der Waals surface area contributed by atoms with E-state index in [1.54, 1.807) is 6.92 Å². The molecule has 0 saturated heterocycles. The Morgan fingerprint density at radius 1 is 1.39 bits per heavy atom. The van der Waals surface area contributed by atoms with Gasteiger partial charge in [-0.05, 0) is 29.9 Å². The molecule has 4 nitrogen and oxygen atoms in total. The van der Waals surface area contributed by atoms with Gasteiger partial charge in [-0.3, -0.25) is 4.79 Å². The molecule has 0 fully saturated rings. The standard InChI is InChI=1S/C13H15N3OS/c1-9(11-6-4-3-5-7-11)8-14-13(17)12-10(2)15-16-18-12/h3-7,9H,8H2,1-2H3,(H,14,17)/t9-/m0/s1. The Hall–Kier alpha value is -1.75. The van der Waals surface area contributed by atoms with Gasteiger partial charge in [-0.1, -0.05) is 41.7 Å². The number of rotatable bonds is 4. The Morgan fingerprint density at radius 3 is 2.72 bits per heavy atom. The summed E-state index contributed by atoms with van der Waals surface area (Å²) in [5.41, 5.74) is 1.90. The number of aryl methyl sites for hydroxylation is 1. The normalized spacial score (nSPS) is 12.1. The van der Waals surface area contributed by atoms with Crippen molar-refractivity contribution in [3.05, 3.63) is 46.5 Å². The fourth-order valence-corrected chi connectivity index (χ4v) is 2.24. The Balaban J connectivity index is 1.93. The van der Waals surface area contributed by atoms with Gasteiger partial charge in [0.25, 0.3) is 5.91 Å². The monoisotopic (exact) mass is 261 g/mol. The van der Waals surface area contributed by atoms with Gasteiger partial charge < -0.3 is 5.32 Å². The molecule has 0 aliphatic rings. The van der Waals surface area contributed by atoms with E-state index in [0.717, 1.165) is 11.5 Å². The van der Waals surface area contributed by atoms with Crippen LogP contribution < -0.4 is 5.32 Å². The number of carbonyl (C=O) groups is 1. The molecule has 0 aliphatic carbocycles. The van der Waals surface area contributed by atoms with Crippen molar-refractivity contribution in [2.24, 2.45) is 0 Å². The number of carbonyl (C=O) groups excluding carboxylic acids is 1. The van der Waals surface area contributed by atoms with Crippen LogP contribution >= 0.6 is 11.5 Å². The average Bonchev–Trinajstić information content (AvgIpc) is 2.83. The number of hydrogen-bond donors (Lipinski definition) is 1. The third-order valence-electron chi connectivity index (χ3n) is 2.80. The van der Waals surface area contributed by atoms with Crippen LogP contribution in [0.3, 0.4) is 0 Å². The minimum Gasteiger partial charge on any atom is -0.351 e. The first-order chi connectivity index (χ1) is 8.68. The maximum atomic E-state index is 11.9. The molecule has 1 aromatic carbocycles.